The number of rotatable bonds is 6. The van der Waals surface area contributed by atoms with Crippen molar-refractivity contribution in [2.24, 2.45) is 5.92 Å². The standard InChI is InChI=1S/C14H23O3/c1-11(13-6-4-3-5-7-13)10-14(16)17-9-8-12(2)15/h13H,3-10H2,1-2H3. The first kappa shape index (κ1) is 14.2. The van der Waals surface area contributed by atoms with E-state index in [9.17, 15) is 9.59 Å². The van der Waals surface area contributed by atoms with Crippen LogP contribution in [0.15, 0.2) is 0 Å². The third kappa shape index (κ3) is 5.85. The summed E-state index contributed by atoms with van der Waals surface area (Å²) in [5.41, 5.74) is 0. The molecule has 1 saturated carbocycles. The van der Waals surface area contributed by atoms with Gasteiger partial charge >= 0.3 is 5.97 Å². The molecule has 0 amide bonds. The Morgan fingerprint density at radius 2 is 1.76 bits per heavy atom. The molecule has 1 aliphatic rings. The molecule has 1 radical (unpaired) electrons. The van der Waals surface area contributed by atoms with E-state index in [1.165, 1.54) is 44.9 Å². The Kier molecular flexibility index (Phi) is 6.23. The van der Waals surface area contributed by atoms with Crippen LogP contribution in [-0.2, 0) is 14.3 Å². The Morgan fingerprint density at radius 3 is 2.35 bits per heavy atom. The molecule has 0 aromatic heterocycles. The fraction of sp³-hybridized carbons (Fsp3) is 0.786. The highest BCUT2D eigenvalue weighted by molar-refractivity contribution is 5.76. The fourth-order valence-corrected chi connectivity index (χ4v) is 2.33. The molecule has 3 nitrogen and oxygen atoms in total. The smallest absolute Gasteiger partial charge is 0.306 e. The lowest BCUT2D eigenvalue weighted by Crippen LogP contribution is -2.18. The lowest BCUT2D eigenvalue weighted by atomic mass is 9.79. The molecular formula is C14H23O3. The lowest BCUT2D eigenvalue weighted by Gasteiger charge is -2.26. The molecule has 97 valence electrons. The van der Waals surface area contributed by atoms with Gasteiger partial charge in [-0.15, -0.1) is 0 Å². The van der Waals surface area contributed by atoms with Crippen LogP contribution in [0.5, 0.6) is 0 Å². The number of ketones is 1. The van der Waals surface area contributed by atoms with E-state index in [2.05, 4.69) is 6.92 Å². The van der Waals surface area contributed by atoms with E-state index in [0.717, 1.165) is 0 Å². The normalized spacial score (nSPS) is 17.1. The number of hydrogen-bond donors (Lipinski definition) is 0. The monoisotopic (exact) mass is 239 g/mol. The third-order valence-corrected chi connectivity index (χ3v) is 3.44. The van der Waals surface area contributed by atoms with Gasteiger partial charge in [-0.2, -0.15) is 0 Å². The van der Waals surface area contributed by atoms with Crippen molar-refractivity contribution in [2.75, 3.05) is 6.61 Å². The van der Waals surface area contributed by atoms with Gasteiger partial charge in [0.1, 0.15) is 5.78 Å². The minimum absolute atomic E-state index is 0.0609. The number of carbonyl (C=O) groups excluding carboxylic acids is 2. The van der Waals surface area contributed by atoms with Crippen molar-refractivity contribution >= 4 is 11.8 Å². The largest absolute Gasteiger partial charge is 0.465 e. The van der Waals surface area contributed by atoms with Crippen molar-refractivity contribution in [3.8, 4) is 0 Å². The van der Waals surface area contributed by atoms with Gasteiger partial charge in [-0.05, 0) is 31.6 Å². The minimum Gasteiger partial charge on any atom is -0.465 e. The number of hydrogen-bond acceptors (Lipinski definition) is 3. The van der Waals surface area contributed by atoms with Gasteiger partial charge in [0.2, 0.25) is 0 Å². The molecule has 0 N–H and O–H groups in total. The summed E-state index contributed by atoms with van der Waals surface area (Å²) in [4.78, 5) is 22.2. The van der Waals surface area contributed by atoms with E-state index < -0.39 is 0 Å². The zero-order chi connectivity index (χ0) is 12.7. The average Bonchev–Trinajstić information content (AvgIpc) is 2.29. The number of carbonyl (C=O) groups is 2. The average molecular weight is 239 g/mol. The Labute approximate surface area is 104 Å². The van der Waals surface area contributed by atoms with Crippen molar-refractivity contribution in [1.82, 2.24) is 0 Å². The molecule has 0 spiro atoms. The van der Waals surface area contributed by atoms with Crippen LogP contribution < -0.4 is 0 Å². The Balaban J connectivity index is 2.18. The van der Waals surface area contributed by atoms with Crippen LogP contribution in [0.25, 0.3) is 0 Å². The summed E-state index contributed by atoms with van der Waals surface area (Å²) in [7, 11) is 0. The quantitative estimate of drug-likeness (QED) is 0.669. The van der Waals surface area contributed by atoms with E-state index >= 15 is 0 Å². The lowest BCUT2D eigenvalue weighted by molar-refractivity contribution is -0.143. The number of esters is 1. The predicted molar refractivity (Wildman–Crippen MR) is 66.4 cm³/mol. The second-order valence-electron chi connectivity index (χ2n) is 5.03. The van der Waals surface area contributed by atoms with Crippen LogP contribution in [0.1, 0.15) is 58.8 Å². The molecule has 0 unspecified atom stereocenters. The molecule has 3 heteroatoms. The zero-order valence-corrected chi connectivity index (χ0v) is 11.0. The van der Waals surface area contributed by atoms with Gasteiger partial charge in [-0.25, -0.2) is 0 Å². The third-order valence-electron chi connectivity index (χ3n) is 3.44. The summed E-state index contributed by atoms with van der Waals surface area (Å²) in [5, 5.41) is 0. The first-order chi connectivity index (χ1) is 8.09. The highest BCUT2D eigenvalue weighted by Gasteiger charge is 2.23. The van der Waals surface area contributed by atoms with Crippen molar-refractivity contribution in [3.63, 3.8) is 0 Å². The fourth-order valence-electron chi connectivity index (χ4n) is 2.33. The van der Waals surface area contributed by atoms with Crippen LogP contribution in [0.3, 0.4) is 0 Å². The molecule has 0 atom stereocenters. The van der Waals surface area contributed by atoms with Crippen LogP contribution in [-0.4, -0.2) is 18.4 Å². The van der Waals surface area contributed by atoms with Gasteiger partial charge in [0.15, 0.2) is 0 Å². The van der Waals surface area contributed by atoms with Crippen molar-refractivity contribution in [3.05, 3.63) is 5.92 Å². The van der Waals surface area contributed by atoms with E-state index in [1.54, 1.807) is 0 Å². The van der Waals surface area contributed by atoms with E-state index in [0.29, 0.717) is 18.8 Å². The number of ether oxygens (including phenoxy) is 1. The van der Waals surface area contributed by atoms with Crippen molar-refractivity contribution in [1.29, 1.82) is 0 Å². The SMILES string of the molecule is C[C](CC(=O)OCCC(C)=O)C1CCCCC1. The first-order valence-corrected chi connectivity index (χ1v) is 6.57. The summed E-state index contributed by atoms with van der Waals surface area (Å²) in [5.74, 6) is 1.72. The molecule has 0 aromatic carbocycles. The molecule has 17 heavy (non-hydrogen) atoms. The van der Waals surface area contributed by atoms with E-state index in [-0.39, 0.29) is 18.4 Å². The van der Waals surface area contributed by atoms with Crippen LogP contribution in [0.4, 0.5) is 0 Å². The molecule has 0 bridgehead atoms. The molecule has 0 heterocycles. The zero-order valence-electron chi connectivity index (χ0n) is 11.0. The van der Waals surface area contributed by atoms with Crippen molar-refractivity contribution in [2.45, 2.75) is 58.8 Å². The molecular weight excluding hydrogens is 216 g/mol. The van der Waals surface area contributed by atoms with Gasteiger partial charge in [0.25, 0.3) is 0 Å². The maximum Gasteiger partial charge on any atom is 0.306 e. The summed E-state index contributed by atoms with van der Waals surface area (Å²) in [6.07, 6.45) is 7.06. The first-order valence-electron chi connectivity index (χ1n) is 6.57. The molecule has 1 aliphatic carbocycles. The summed E-state index contributed by atoms with van der Waals surface area (Å²) >= 11 is 0. The van der Waals surface area contributed by atoms with Gasteiger partial charge < -0.3 is 4.74 Å². The summed E-state index contributed by atoms with van der Waals surface area (Å²) in [6.45, 7) is 3.79. The maximum absolute atomic E-state index is 11.5. The Bertz CT molecular complexity index is 254. The van der Waals surface area contributed by atoms with E-state index in [4.69, 9.17) is 4.74 Å². The molecule has 0 aliphatic heterocycles. The van der Waals surface area contributed by atoms with Gasteiger partial charge in [-0.3, -0.25) is 9.59 Å². The molecule has 0 aromatic rings. The molecule has 1 fully saturated rings. The van der Waals surface area contributed by atoms with Crippen LogP contribution in [0, 0.1) is 11.8 Å². The topological polar surface area (TPSA) is 43.4 Å². The van der Waals surface area contributed by atoms with E-state index in [1.807, 2.05) is 0 Å². The minimum atomic E-state index is -0.186. The van der Waals surface area contributed by atoms with Gasteiger partial charge in [-0.1, -0.05) is 26.2 Å². The maximum atomic E-state index is 11.5. The highest BCUT2D eigenvalue weighted by atomic mass is 16.5. The van der Waals surface area contributed by atoms with Crippen molar-refractivity contribution < 1.29 is 14.3 Å². The Morgan fingerprint density at radius 1 is 1.12 bits per heavy atom. The second kappa shape index (κ2) is 7.46. The molecule has 1 rings (SSSR count). The predicted octanol–water partition coefficient (Wildman–Crippen LogP) is 3.07. The van der Waals surface area contributed by atoms with Crippen LogP contribution in [0.2, 0.25) is 0 Å². The highest BCUT2D eigenvalue weighted by Crippen LogP contribution is 2.32. The second-order valence-corrected chi connectivity index (χ2v) is 5.03. The number of Topliss-reactive ketones (excluding diaryl/α,β-unsaturated/α-hetero) is 1. The Hall–Kier alpha value is -0.860. The van der Waals surface area contributed by atoms with Gasteiger partial charge in [0.05, 0.1) is 13.0 Å². The molecule has 0 saturated heterocycles. The summed E-state index contributed by atoms with van der Waals surface area (Å²) < 4.78 is 5.03. The van der Waals surface area contributed by atoms with Crippen LogP contribution >= 0.6 is 0 Å². The summed E-state index contributed by atoms with van der Waals surface area (Å²) in [6, 6.07) is 0. The van der Waals surface area contributed by atoms with Gasteiger partial charge in [0, 0.05) is 6.42 Å².